The Morgan fingerprint density at radius 1 is 1.10 bits per heavy atom. The highest BCUT2D eigenvalue weighted by atomic mass is 16.2. The molecule has 1 aromatic heterocycles. The van der Waals surface area contributed by atoms with E-state index in [2.05, 4.69) is 56.9 Å². The summed E-state index contributed by atoms with van der Waals surface area (Å²) in [5.74, 6) is 2.56. The first kappa shape index (κ1) is 21.3. The maximum absolute atomic E-state index is 12.1. The zero-order valence-corrected chi connectivity index (χ0v) is 18.5. The smallest absolute Gasteiger partial charge is 0.222 e. The van der Waals surface area contributed by atoms with Gasteiger partial charge in [-0.3, -0.25) is 4.79 Å². The zero-order valence-electron chi connectivity index (χ0n) is 18.5. The summed E-state index contributed by atoms with van der Waals surface area (Å²) in [7, 11) is 0. The molecule has 0 bridgehead atoms. The number of rotatable bonds is 6. The number of aryl methyl sites for hydroxylation is 2. The summed E-state index contributed by atoms with van der Waals surface area (Å²) in [5.41, 5.74) is 4.83. The average Bonchev–Trinajstić information content (AvgIpc) is 2.74. The Morgan fingerprint density at radius 3 is 2.45 bits per heavy atom. The highest BCUT2D eigenvalue weighted by Crippen LogP contribution is 2.28. The fourth-order valence-electron chi connectivity index (χ4n) is 3.89. The molecule has 1 amide bonds. The molecule has 29 heavy (non-hydrogen) atoms. The van der Waals surface area contributed by atoms with E-state index >= 15 is 0 Å². The van der Waals surface area contributed by atoms with Gasteiger partial charge >= 0.3 is 0 Å². The summed E-state index contributed by atoms with van der Waals surface area (Å²) >= 11 is 0. The Morgan fingerprint density at radius 2 is 1.83 bits per heavy atom. The Kier molecular flexibility index (Phi) is 6.88. The van der Waals surface area contributed by atoms with Crippen molar-refractivity contribution in [1.82, 2.24) is 14.9 Å². The topological polar surface area (TPSA) is 49.3 Å². The number of hydrogen-bond donors (Lipinski definition) is 0. The third kappa shape index (κ3) is 4.95. The molecule has 156 valence electrons. The Labute approximate surface area is 175 Å². The van der Waals surface area contributed by atoms with Gasteiger partial charge in [0.1, 0.15) is 11.6 Å². The van der Waals surface area contributed by atoms with Crippen LogP contribution in [0.4, 0.5) is 5.82 Å². The van der Waals surface area contributed by atoms with Gasteiger partial charge in [-0.25, -0.2) is 9.97 Å². The van der Waals surface area contributed by atoms with Gasteiger partial charge in [-0.15, -0.1) is 0 Å². The number of carbonyl (C=O) groups excluding carboxylic acids is 1. The second-order valence-corrected chi connectivity index (χ2v) is 8.17. The van der Waals surface area contributed by atoms with Crippen molar-refractivity contribution in [3.63, 3.8) is 0 Å². The van der Waals surface area contributed by atoms with Crippen LogP contribution in [0.25, 0.3) is 0 Å². The van der Waals surface area contributed by atoms with Crippen LogP contribution in [0.15, 0.2) is 24.3 Å². The molecular formula is C24H34N4O. The summed E-state index contributed by atoms with van der Waals surface area (Å²) < 4.78 is 0. The predicted octanol–water partition coefficient (Wildman–Crippen LogP) is 4.26. The number of carbonyl (C=O) groups is 1. The largest absolute Gasteiger partial charge is 0.353 e. The van der Waals surface area contributed by atoms with Crippen molar-refractivity contribution in [2.45, 2.75) is 59.8 Å². The van der Waals surface area contributed by atoms with Crippen molar-refractivity contribution in [3.05, 3.63) is 52.5 Å². The SMILES string of the molecule is CCC(=O)N1CCN(c2nc([C@H](C)CC)nc(C)c2Cc2cccc(C)c2)CC1. The molecule has 0 radical (unpaired) electrons. The van der Waals surface area contributed by atoms with E-state index in [9.17, 15) is 4.79 Å². The second-order valence-electron chi connectivity index (χ2n) is 8.17. The van der Waals surface area contributed by atoms with Crippen molar-refractivity contribution in [3.8, 4) is 0 Å². The van der Waals surface area contributed by atoms with Gasteiger partial charge in [0.2, 0.25) is 5.91 Å². The monoisotopic (exact) mass is 394 g/mol. The Bertz CT molecular complexity index is 856. The van der Waals surface area contributed by atoms with Crippen LogP contribution in [-0.4, -0.2) is 47.0 Å². The fourth-order valence-corrected chi connectivity index (χ4v) is 3.89. The molecule has 5 heteroatoms. The summed E-state index contributed by atoms with van der Waals surface area (Å²) in [6, 6.07) is 8.66. The van der Waals surface area contributed by atoms with Gasteiger partial charge in [-0.05, 0) is 25.8 Å². The Hall–Kier alpha value is -2.43. The number of aromatic nitrogens is 2. The lowest BCUT2D eigenvalue weighted by molar-refractivity contribution is -0.131. The molecule has 1 atom stereocenters. The van der Waals surface area contributed by atoms with Crippen molar-refractivity contribution < 1.29 is 4.79 Å². The minimum atomic E-state index is 0.240. The number of nitrogens with zero attached hydrogens (tertiary/aromatic N) is 4. The van der Waals surface area contributed by atoms with Crippen LogP contribution in [0, 0.1) is 13.8 Å². The molecular weight excluding hydrogens is 360 g/mol. The third-order valence-corrected chi connectivity index (χ3v) is 5.96. The molecule has 0 unspecified atom stereocenters. The lowest BCUT2D eigenvalue weighted by Crippen LogP contribution is -2.49. The van der Waals surface area contributed by atoms with Crippen molar-refractivity contribution in [2.24, 2.45) is 0 Å². The molecule has 5 nitrogen and oxygen atoms in total. The van der Waals surface area contributed by atoms with Crippen LogP contribution in [0.1, 0.15) is 67.7 Å². The molecule has 0 saturated carbocycles. The third-order valence-electron chi connectivity index (χ3n) is 5.96. The zero-order chi connectivity index (χ0) is 21.0. The van der Waals surface area contributed by atoms with Crippen LogP contribution in [0.3, 0.4) is 0 Å². The van der Waals surface area contributed by atoms with Crippen LogP contribution in [0.5, 0.6) is 0 Å². The van der Waals surface area contributed by atoms with E-state index in [0.717, 1.165) is 56.4 Å². The van der Waals surface area contributed by atoms with Crippen LogP contribution in [0.2, 0.25) is 0 Å². The van der Waals surface area contributed by atoms with Crippen LogP contribution < -0.4 is 4.90 Å². The van der Waals surface area contributed by atoms with E-state index < -0.39 is 0 Å². The summed E-state index contributed by atoms with van der Waals surface area (Å²) in [6.45, 7) is 13.7. The number of amides is 1. The minimum Gasteiger partial charge on any atom is -0.353 e. The van der Waals surface area contributed by atoms with E-state index in [-0.39, 0.29) is 5.91 Å². The molecule has 1 aromatic carbocycles. The maximum atomic E-state index is 12.1. The standard InChI is InChI=1S/C24H34N4O/c1-6-18(4)23-25-19(5)21(16-20-10-8-9-17(3)15-20)24(26-23)28-13-11-27(12-14-28)22(29)7-2/h8-10,15,18H,6-7,11-14,16H2,1-5H3/t18-/m1/s1. The molecule has 1 saturated heterocycles. The summed E-state index contributed by atoms with van der Waals surface area (Å²) in [6.07, 6.45) is 2.43. The number of hydrogen-bond acceptors (Lipinski definition) is 4. The quantitative estimate of drug-likeness (QED) is 0.735. The molecule has 0 spiro atoms. The van der Waals surface area contributed by atoms with Crippen molar-refractivity contribution in [1.29, 1.82) is 0 Å². The van der Waals surface area contributed by atoms with Gasteiger partial charge in [0, 0.05) is 56.2 Å². The van der Waals surface area contributed by atoms with E-state index in [1.807, 2.05) is 11.8 Å². The first-order valence-electron chi connectivity index (χ1n) is 10.9. The van der Waals surface area contributed by atoms with Crippen LogP contribution >= 0.6 is 0 Å². The summed E-state index contributed by atoms with van der Waals surface area (Å²) in [4.78, 5) is 26.3. The minimum absolute atomic E-state index is 0.240. The normalized spacial score (nSPS) is 15.5. The molecule has 1 aliphatic heterocycles. The lowest BCUT2D eigenvalue weighted by Gasteiger charge is -2.36. The predicted molar refractivity (Wildman–Crippen MR) is 119 cm³/mol. The first-order valence-corrected chi connectivity index (χ1v) is 10.9. The van der Waals surface area contributed by atoms with E-state index in [0.29, 0.717) is 12.3 Å². The summed E-state index contributed by atoms with van der Waals surface area (Å²) in [5, 5.41) is 0. The van der Waals surface area contributed by atoms with Gasteiger partial charge in [-0.1, -0.05) is 50.6 Å². The first-order chi connectivity index (χ1) is 13.9. The van der Waals surface area contributed by atoms with E-state index in [4.69, 9.17) is 9.97 Å². The second kappa shape index (κ2) is 9.38. The molecule has 3 rings (SSSR count). The highest BCUT2D eigenvalue weighted by Gasteiger charge is 2.25. The maximum Gasteiger partial charge on any atom is 0.222 e. The molecule has 2 aromatic rings. The van der Waals surface area contributed by atoms with Crippen LogP contribution in [-0.2, 0) is 11.2 Å². The van der Waals surface area contributed by atoms with E-state index in [1.54, 1.807) is 0 Å². The van der Waals surface area contributed by atoms with Gasteiger partial charge in [0.15, 0.2) is 0 Å². The molecule has 1 fully saturated rings. The number of benzene rings is 1. The molecule has 0 N–H and O–H groups in total. The molecule has 0 aliphatic carbocycles. The Balaban J connectivity index is 1.94. The van der Waals surface area contributed by atoms with Crippen molar-refractivity contribution in [2.75, 3.05) is 31.1 Å². The molecule has 2 heterocycles. The van der Waals surface area contributed by atoms with Crippen molar-refractivity contribution >= 4 is 11.7 Å². The van der Waals surface area contributed by atoms with Gasteiger partial charge in [0.05, 0.1) is 0 Å². The van der Waals surface area contributed by atoms with Gasteiger partial charge in [0.25, 0.3) is 0 Å². The number of anilines is 1. The lowest BCUT2D eigenvalue weighted by atomic mass is 10.0. The molecule has 1 aliphatic rings. The number of piperazine rings is 1. The fraction of sp³-hybridized carbons (Fsp3) is 0.542. The van der Waals surface area contributed by atoms with E-state index in [1.165, 1.54) is 16.7 Å². The average molecular weight is 395 g/mol. The van der Waals surface area contributed by atoms with Gasteiger partial charge in [-0.2, -0.15) is 0 Å². The highest BCUT2D eigenvalue weighted by molar-refractivity contribution is 5.76. The van der Waals surface area contributed by atoms with Gasteiger partial charge < -0.3 is 9.80 Å².